The fourth-order valence-corrected chi connectivity index (χ4v) is 7.68. The molecule has 4 nitrogen and oxygen atoms in total. The first kappa shape index (κ1) is 27.3. The van der Waals surface area contributed by atoms with Crippen LogP contribution < -0.4 is 0 Å². The maximum absolute atomic E-state index is 9.70. The minimum Gasteiger partial charge on any atom is -0.309 e. The fourth-order valence-electron chi connectivity index (χ4n) is 7.68. The van der Waals surface area contributed by atoms with Gasteiger partial charge in [-0.25, -0.2) is 4.98 Å². The van der Waals surface area contributed by atoms with Gasteiger partial charge in [0.15, 0.2) is 0 Å². The number of hydrogen-bond donors (Lipinski definition) is 0. The zero-order valence-corrected chi connectivity index (χ0v) is 26.3. The zero-order chi connectivity index (χ0) is 32.5. The quantitative estimate of drug-likeness (QED) is 0.184. The monoisotopic (exact) mass is 622 g/mol. The number of benzene rings is 7. The summed E-state index contributed by atoms with van der Waals surface area (Å²) in [6.07, 6.45) is 3.85. The highest BCUT2D eigenvalue weighted by molar-refractivity contribution is 6.31. The van der Waals surface area contributed by atoms with Crippen LogP contribution in [0.25, 0.3) is 93.1 Å². The van der Waals surface area contributed by atoms with Crippen molar-refractivity contribution in [1.82, 2.24) is 14.5 Å². The lowest BCUT2D eigenvalue weighted by molar-refractivity contribution is 1.18. The van der Waals surface area contributed by atoms with Gasteiger partial charge in [0.1, 0.15) is 0 Å². The van der Waals surface area contributed by atoms with Crippen molar-refractivity contribution in [2.24, 2.45) is 0 Å². The van der Waals surface area contributed by atoms with E-state index in [0.717, 1.165) is 76.9 Å². The molecule has 0 bridgehead atoms. The number of nitrogens with zero attached hydrogens (tertiary/aromatic N) is 4. The van der Waals surface area contributed by atoms with E-state index < -0.39 is 0 Å². The van der Waals surface area contributed by atoms with Gasteiger partial charge in [-0.1, -0.05) is 97.1 Å². The van der Waals surface area contributed by atoms with Crippen molar-refractivity contribution >= 4 is 65.0 Å². The van der Waals surface area contributed by atoms with Crippen molar-refractivity contribution in [2.75, 3.05) is 0 Å². The van der Waals surface area contributed by atoms with Crippen LogP contribution in [-0.4, -0.2) is 14.5 Å². The maximum Gasteiger partial charge on any atom is 0.0992 e. The van der Waals surface area contributed by atoms with Crippen molar-refractivity contribution in [3.63, 3.8) is 0 Å². The van der Waals surface area contributed by atoms with Gasteiger partial charge in [0, 0.05) is 56.0 Å². The van der Waals surface area contributed by atoms with Gasteiger partial charge in [-0.15, -0.1) is 0 Å². The smallest absolute Gasteiger partial charge is 0.0992 e. The SMILES string of the molecule is N#Cc1ccc2c3cc(-c4cccc(-c5nc6c7ccccc7c7ccccc7c6c6cnccc56)c4)ccc3n(-c3ccccc3)c2c1. The standard InChI is InChI=1S/C45H26N4/c46-26-28-17-19-35-39-25-30(18-20-41(39)49(42(35)23-28)32-11-2-1-3-12-32)29-9-8-10-31(24-29)44-38-21-22-47-27-40(38)43-36-15-6-4-13-33(36)34-14-5-7-16-37(34)45(43)48-44/h1-25,27H. The van der Waals surface area contributed by atoms with Crippen LogP contribution in [0.2, 0.25) is 0 Å². The Bertz CT molecular complexity index is 3000. The summed E-state index contributed by atoms with van der Waals surface area (Å²) in [5.41, 5.74) is 9.05. The first-order valence-electron chi connectivity index (χ1n) is 16.4. The minimum atomic E-state index is 0.645. The summed E-state index contributed by atoms with van der Waals surface area (Å²) >= 11 is 0. The molecule has 49 heavy (non-hydrogen) atoms. The summed E-state index contributed by atoms with van der Waals surface area (Å²) in [7, 11) is 0. The van der Waals surface area contributed by atoms with Crippen molar-refractivity contribution in [2.45, 2.75) is 0 Å². The maximum atomic E-state index is 9.70. The molecular weight excluding hydrogens is 597 g/mol. The highest BCUT2D eigenvalue weighted by Gasteiger charge is 2.18. The molecule has 0 radical (unpaired) electrons. The molecular formula is C45H26N4. The zero-order valence-electron chi connectivity index (χ0n) is 26.3. The highest BCUT2D eigenvalue weighted by atomic mass is 15.0. The van der Waals surface area contributed by atoms with E-state index >= 15 is 0 Å². The molecule has 0 unspecified atom stereocenters. The summed E-state index contributed by atoms with van der Waals surface area (Å²) < 4.78 is 2.25. The Labute approximate surface area is 281 Å². The number of para-hydroxylation sites is 1. The van der Waals surface area contributed by atoms with Crippen molar-refractivity contribution in [3.8, 4) is 34.1 Å². The Morgan fingerprint density at radius 3 is 2.06 bits per heavy atom. The lowest BCUT2D eigenvalue weighted by Crippen LogP contribution is -1.94. The van der Waals surface area contributed by atoms with E-state index in [2.05, 4.69) is 131 Å². The molecule has 0 aliphatic heterocycles. The van der Waals surface area contributed by atoms with Crippen LogP contribution in [0.15, 0.2) is 158 Å². The molecule has 0 aliphatic carbocycles. The second kappa shape index (κ2) is 10.6. The fraction of sp³-hybridized carbons (Fsp3) is 0. The van der Waals surface area contributed by atoms with Gasteiger partial charge in [0.25, 0.3) is 0 Å². The summed E-state index contributed by atoms with van der Waals surface area (Å²) in [4.78, 5) is 10.1. The van der Waals surface area contributed by atoms with Crippen molar-refractivity contribution in [1.29, 1.82) is 5.26 Å². The molecule has 10 rings (SSSR count). The molecule has 3 aromatic heterocycles. The molecule has 0 spiro atoms. The van der Waals surface area contributed by atoms with E-state index in [1.54, 1.807) is 0 Å². The first-order valence-corrected chi connectivity index (χ1v) is 16.4. The summed E-state index contributed by atoms with van der Waals surface area (Å²) in [6, 6.07) is 53.3. The third kappa shape index (κ3) is 4.10. The van der Waals surface area contributed by atoms with Gasteiger partial charge < -0.3 is 4.57 Å². The molecule has 0 saturated heterocycles. The van der Waals surface area contributed by atoms with E-state index in [9.17, 15) is 5.26 Å². The molecule has 0 saturated carbocycles. The Morgan fingerprint density at radius 2 is 1.22 bits per heavy atom. The summed E-state index contributed by atoms with van der Waals surface area (Å²) in [6.45, 7) is 0. The van der Waals surface area contributed by atoms with Gasteiger partial charge in [-0.05, 0) is 75.8 Å². The molecule has 226 valence electrons. The summed E-state index contributed by atoms with van der Waals surface area (Å²) in [5.74, 6) is 0. The van der Waals surface area contributed by atoms with Crippen LogP contribution in [-0.2, 0) is 0 Å². The Kier molecular flexibility index (Phi) is 5.90. The Balaban J connectivity index is 1.21. The van der Waals surface area contributed by atoms with Gasteiger partial charge in [0.05, 0.1) is 33.9 Å². The third-order valence-electron chi connectivity index (χ3n) is 9.85. The lowest BCUT2D eigenvalue weighted by Gasteiger charge is -2.15. The molecule has 7 aromatic carbocycles. The van der Waals surface area contributed by atoms with Crippen LogP contribution >= 0.6 is 0 Å². The van der Waals surface area contributed by atoms with Crippen LogP contribution in [0.1, 0.15) is 5.56 Å². The number of fused-ring (bicyclic) bond motifs is 11. The van der Waals surface area contributed by atoms with Crippen molar-refractivity contribution in [3.05, 3.63) is 164 Å². The highest BCUT2D eigenvalue weighted by Crippen LogP contribution is 2.41. The van der Waals surface area contributed by atoms with E-state index in [-0.39, 0.29) is 0 Å². The molecule has 0 atom stereocenters. The van der Waals surface area contributed by atoms with E-state index in [0.29, 0.717) is 5.56 Å². The number of hydrogen-bond acceptors (Lipinski definition) is 3. The molecule has 0 fully saturated rings. The van der Waals surface area contributed by atoms with Gasteiger partial charge in [-0.2, -0.15) is 5.26 Å². The third-order valence-corrected chi connectivity index (χ3v) is 9.85. The van der Waals surface area contributed by atoms with Crippen LogP contribution in [0.3, 0.4) is 0 Å². The second-order valence-corrected chi connectivity index (χ2v) is 12.5. The summed E-state index contributed by atoms with van der Waals surface area (Å²) in [5, 5.41) is 20.0. The largest absolute Gasteiger partial charge is 0.309 e. The first-order chi connectivity index (χ1) is 24.3. The van der Waals surface area contributed by atoms with Gasteiger partial charge in [0.2, 0.25) is 0 Å². The van der Waals surface area contributed by atoms with E-state index in [1.165, 1.54) is 16.2 Å². The van der Waals surface area contributed by atoms with Gasteiger partial charge in [-0.3, -0.25) is 4.98 Å². The Hall–Kier alpha value is -6.83. The van der Waals surface area contributed by atoms with Crippen molar-refractivity contribution < 1.29 is 0 Å². The van der Waals surface area contributed by atoms with E-state index in [4.69, 9.17) is 4.98 Å². The normalized spacial score (nSPS) is 11.7. The molecule has 3 heterocycles. The average molecular weight is 623 g/mol. The number of rotatable bonds is 3. The van der Waals surface area contributed by atoms with Gasteiger partial charge >= 0.3 is 0 Å². The Morgan fingerprint density at radius 1 is 0.490 bits per heavy atom. The van der Waals surface area contributed by atoms with Crippen LogP contribution in [0.5, 0.6) is 0 Å². The number of pyridine rings is 2. The van der Waals surface area contributed by atoms with Crippen LogP contribution in [0, 0.1) is 11.3 Å². The second-order valence-electron chi connectivity index (χ2n) is 12.5. The molecule has 0 aliphatic rings. The minimum absolute atomic E-state index is 0.645. The van der Waals surface area contributed by atoms with Crippen LogP contribution in [0.4, 0.5) is 0 Å². The lowest BCUT2D eigenvalue weighted by atomic mass is 9.92. The number of aromatic nitrogens is 3. The topological polar surface area (TPSA) is 54.5 Å². The predicted molar refractivity (Wildman–Crippen MR) is 202 cm³/mol. The molecule has 10 aromatic rings. The number of nitriles is 1. The molecule has 0 N–H and O–H groups in total. The molecule has 0 amide bonds. The predicted octanol–water partition coefficient (Wildman–Crippen LogP) is 11.4. The average Bonchev–Trinajstić information content (AvgIpc) is 3.50. The van der Waals surface area contributed by atoms with E-state index in [1.807, 2.05) is 42.7 Å². The molecule has 4 heteroatoms.